The molecule has 1 aromatic heterocycles. The first kappa shape index (κ1) is 33.7. The number of esters is 2. The molecule has 0 bridgehead atoms. The number of hydrogen-bond donors (Lipinski definition) is 0. The Morgan fingerprint density at radius 3 is 1.92 bits per heavy atom. The van der Waals surface area contributed by atoms with Gasteiger partial charge in [-0.3, -0.25) is 19.2 Å². The number of carbonyl (C=O) groups excluding carboxylic acids is 4. The lowest BCUT2D eigenvalue weighted by Crippen LogP contribution is -2.30. The number of hydrogen-bond acceptors (Lipinski definition) is 8. The van der Waals surface area contributed by atoms with Gasteiger partial charge in [-0.1, -0.05) is 0 Å². The number of aryl methyl sites for hydroxylation is 1. The normalized spacial score (nSPS) is 15.8. The Balaban J connectivity index is 1.14. The maximum absolute atomic E-state index is 13.2. The van der Waals surface area contributed by atoms with Crippen LogP contribution in [-0.4, -0.2) is 49.5 Å². The minimum Gasteiger partial charge on any atom is -0.497 e. The van der Waals surface area contributed by atoms with E-state index in [1.54, 1.807) is 117 Å². The summed E-state index contributed by atoms with van der Waals surface area (Å²) in [5.74, 6) is 0.0104. The van der Waals surface area contributed by atoms with Crippen LogP contribution < -0.4 is 23.8 Å². The maximum atomic E-state index is 13.2. The van der Waals surface area contributed by atoms with Gasteiger partial charge in [-0.2, -0.15) is 0 Å². The average molecular weight is 651 g/mol. The Kier molecular flexibility index (Phi) is 10.7. The van der Waals surface area contributed by atoms with E-state index in [1.807, 2.05) is 0 Å². The molecule has 1 fully saturated rings. The number of ketones is 1. The Bertz CT molecular complexity index is 1800. The molecule has 0 aliphatic heterocycles. The summed E-state index contributed by atoms with van der Waals surface area (Å²) in [4.78, 5) is 53.3. The van der Waals surface area contributed by atoms with Gasteiger partial charge in [0.25, 0.3) is 5.91 Å². The standard InChI is InChI=1S/C38H38N2O8/c1-39-23-5-6-33(39)34(41)21-13-28-24-32(46-4)20-22-35(28)48-38(44)27-9-7-26(8-10-27)37(43)47-31-16-11-25(12-17-31)36(42)40(2)29-14-18-30(45-3)19-15-29/h5-6,11-24,26-27H,7-10H2,1-4H3/b21-13+. The number of rotatable bonds is 11. The van der Waals surface area contributed by atoms with Gasteiger partial charge in [-0.15, -0.1) is 0 Å². The Labute approximate surface area is 279 Å². The highest BCUT2D eigenvalue weighted by molar-refractivity contribution is 6.06. The number of amides is 1. The molecule has 1 amide bonds. The highest BCUT2D eigenvalue weighted by atomic mass is 16.5. The zero-order valence-corrected chi connectivity index (χ0v) is 27.4. The van der Waals surface area contributed by atoms with Gasteiger partial charge in [0.05, 0.1) is 31.7 Å². The first-order valence-corrected chi connectivity index (χ1v) is 15.6. The fourth-order valence-electron chi connectivity index (χ4n) is 5.58. The van der Waals surface area contributed by atoms with Gasteiger partial charge < -0.3 is 28.4 Å². The van der Waals surface area contributed by atoms with Gasteiger partial charge in [0, 0.05) is 37.1 Å². The molecule has 3 aromatic carbocycles. The average Bonchev–Trinajstić information content (AvgIpc) is 3.56. The molecule has 0 radical (unpaired) electrons. The second-order valence-corrected chi connectivity index (χ2v) is 11.6. The zero-order chi connectivity index (χ0) is 34.2. The predicted octanol–water partition coefficient (Wildman–Crippen LogP) is 6.53. The van der Waals surface area contributed by atoms with Crippen molar-refractivity contribution < 1.29 is 38.1 Å². The molecule has 5 rings (SSSR count). The smallest absolute Gasteiger partial charge is 0.314 e. The molecule has 248 valence electrons. The Hall–Kier alpha value is -5.64. The fraction of sp³-hybridized carbons (Fsp3) is 0.263. The second-order valence-electron chi connectivity index (χ2n) is 11.6. The van der Waals surface area contributed by atoms with E-state index in [1.165, 1.54) is 18.1 Å². The Morgan fingerprint density at radius 2 is 1.33 bits per heavy atom. The number of ether oxygens (including phenoxy) is 4. The van der Waals surface area contributed by atoms with Crippen LogP contribution in [0.15, 0.2) is 91.1 Å². The van der Waals surface area contributed by atoms with Crippen molar-refractivity contribution in [2.24, 2.45) is 18.9 Å². The molecule has 0 N–H and O–H groups in total. The quantitative estimate of drug-likeness (QED) is 0.0779. The minimum absolute atomic E-state index is 0.186. The van der Waals surface area contributed by atoms with Gasteiger partial charge >= 0.3 is 11.9 Å². The highest BCUT2D eigenvalue weighted by Gasteiger charge is 2.32. The number of anilines is 1. The van der Waals surface area contributed by atoms with E-state index < -0.39 is 5.97 Å². The molecule has 1 aliphatic carbocycles. The van der Waals surface area contributed by atoms with E-state index >= 15 is 0 Å². The monoisotopic (exact) mass is 650 g/mol. The van der Waals surface area contributed by atoms with Gasteiger partial charge in [0.1, 0.15) is 23.0 Å². The van der Waals surface area contributed by atoms with Crippen molar-refractivity contribution in [1.82, 2.24) is 4.57 Å². The van der Waals surface area contributed by atoms with Crippen LogP contribution in [0.5, 0.6) is 23.0 Å². The summed E-state index contributed by atoms with van der Waals surface area (Å²) < 4.78 is 23.7. The van der Waals surface area contributed by atoms with Crippen LogP contribution in [0.2, 0.25) is 0 Å². The third-order valence-corrected chi connectivity index (χ3v) is 8.52. The second kappa shape index (κ2) is 15.3. The predicted molar refractivity (Wildman–Crippen MR) is 181 cm³/mol. The molecule has 10 nitrogen and oxygen atoms in total. The van der Waals surface area contributed by atoms with Crippen molar-refractivity contribution in [2.75, 3.05) is 26.2 Å². The highest BCUT2D eigenvalue weighted by Crippen LogP contribution is 2.33. The minimum atomic E-state index is -0.393. The summed E-state index contributed by atoms with van der Waals surface area (Å²) in [7, 11) is 6.60. The summed E-state index contributed by atoms with van der Waals surface area (Å²) in [6.07, 6.45) is 6.72. The van der Waals surface area contributed by atoms with E-state index in [-0.39, 0.29) is 29.5 Å². The number of aromatic nitrogens is 1. The van der Waals surface area contributed by atoms with Crippen LogP contribution in [0.4, 0.5) is 5.69 Å². The number of benzene rings is 3. The summed E-state index contributed by atoms with van der Waals surface area (Å²) >= 11 is 0. The first-order valence-electron chi connectivity index (χ1n) is 15.6. The van der Waals surface area contributed by atoms with Crippen molar-refractivity contribution >= 4 is 35.4 Å². The lowest BCUT2D eigenvalue weighted by Gasteiger charge is -2.26. The number of methoxy groups -OCH3 is 2. The topological polar surface area (TPSA) is 113 Å². The van der Waals surface area contributed by atoms with E-state index in [4.69, 9.17) is 18.9 Å². The van der Waals surface area contributed by atoms with Crippen LogP contribution in [0, 0.1) is 11.8 Å². The van der Waals surface area contributed by atoms with Crippen molar-refractivity contribution in [3.63, 3.8) is 0 Å². The summed E-state index contributed by atoms with van der Waals surface area (Å²) in [5.41, 5.74) is 2.23. The molecule has 10 heteroatoms. The van der Waals surface area contributed by atoms with Crippen LogP contribution >= 0.6 is 0 Å². The summed E-state index contributed by atoms with van der Waals surface area (Å²) in [6.45, 7) is 0. The number of nitrogens with zero attached hydrogens (tertiary/aromatic N) is 2. The van der Waals surface area contributed by atoms with Crippen LogP contribution in [-0.2, 0) is 16.6 Å². The maximum Gasteiger partial charge on any atom is 0.314 e. The lowest BCUT2D eigenvalue weighted by atomic mass is 9.82. The SMILES string of the molecule is COc1ccc(N(C)C(=O)c2ccc(OC(=O)C3CCC(C(=O)Oc4ccc(OC)cc4/C=C/C(=O)c4cccn4C)CC3)cc2)cc1. The first-order chi connectivity index (χ1) is 23.2. The molecular weight excluding hydrogens is 612 g/mol. The number of carbonyl (C=O) groups is 4. The van der Waals surface area contributed by atoms with Crippen LogP contribution in [0.3, 0.4) is 0 Å². The fourth-order valence-corrected chi connectivity index (χ4v) is 5.58. The molecule has 0 spiro atoms. The van der Waals surface area contributed by atoms with Crippen molar-refractivity contribution in [3.8, 4) is 23.0 Å². The molecule has 1 heterocycles. The number of allylic oxidation sites excluding steroid dienone is 1. The van der Waals surface area contributed by atoms with Crippen LogP contribution in [0.1, 0.15) is 52.1 Å². The van der Waals surface area contributed by atoms with Gasteiger partial charge in [-0.05, 0) is 117 Å². The molecule has 4 aromatic rings. The van der Waals surface area contributed by atoms with E-state index in [9.17, 15) is 19.2 Å². The van der Waals surface area contributed by atoms with Crippen LogP contribution in [0.25, 0.3) is 6.08 Å². The largest absolute Gasteiger partial charge is 0.497 e. The molecular formula is C38H38N2O8. The van der Waals surface area contributed by atoms with Gasteiger partial charge in [-0.25, -0.2) is 0 Å². The lowest BCUT2D eigenvalue weighted by molar-refractivity contribution is -0.145. The van der Waals surface area contributed by atoms with Crippen molar-refractivity contribution in [3.05, 3.63) is 108 Å². The van der Waals surface area contributed by atoms with Gasteiger partial charge in [0.2, 0.25) is 5.78 Å². The van der Waals surface area contributed by atoms with Crippen molar-refractivity contribution in [2.45, 2.75) is 25.7 Å². The zero-order valence-electron chi connectivity index (χ0n) is 27.4. The third-order valence-electron chi connectivity index (χ3n) is 8.52. The molecule has 0 unspecified atom stereocenters. The molecule has 0 atom stereocenters. The molecule has 0 saturated heterocycles. The molecule has 48 heavy (non-hydrogen) atoms. The third kappa shape index (κ3) is 8.01. The molecule has 1 aliphatic rings. The summed E-state index contributed by atoms with van der Waals surface area (Å²) in [6, 6.07) is 22.2. The van der Waals surface area contributed by atoms with Crippen molar-refractivity contribution in [1.29, 1.82) is 0 Å². The van der Waals surface area contributed by atoms with E-state index in [0.29, 0.717) is 71.2 Å². The Morgan fingerprint density at radius 1 is 0.750 bits per heavy atom. The van der Waals surface area contributed by atoms with E-state index in [0.717, 1.165) is 0 Å². The molecule has 1 saturated carbocycles. The summed E-state index contributed by atoms with van der Waals surface area (Å²) in [5, 5.41) is 0. The van der Waals surface area contributed by atoms with E-state index in [2.05, 4.69) is 0 Å². The van der Waals surface area contributed by atoms with Gasteiger partial charge in [0.15, 0.2) is 0 Å².